The van der Waals surface area contributed by atoms with Gasteiger partial charge in [-0.1, -0.05) is 45.4 Å². The Balaban J connectivity index is 1.30. The molecular weight excluding hydrogens is 444 g/mol. The SMILES string of the molecule is CCCCCCCCCNc1ncnc2c1ncn2-n1cnc2c(NCc3ccco3)ncnc21. The molecule has 5 heterocycles. The van der Waals surface area contributed by atoms with Gasteiger partial charge >= 0.3 is 0 Å². The third-order valence-electron chi connectivity index (χ3n) is 5.95. The Morgan fingerprint density at radius 2 is 1.37 bits per heavy atom. The summed E-state index contributed by atoms with van der Waals surface area (Å²) >= 11 is 0. The van der Waals surface area contributed by atoms with Crippen LogP contribution in [-0.2, 0) is 6.54 Å². The van der Waals surface area contributed by atoms with Gasteiger partial charge in [0.2, 0.25) is 0 Å². The van der Waals surface area contributed by atoms with Crippen LogP contribution in [0.3, 0.4) is 0 Å². The first-order valence-electron chi connectivity index (χ1n) is 12.2. The number of nitrogens with one attached hydrogen (secondary N) is 2. The van der Waals surface area contributed by atoms with E-state index in [9.17, 15) is 0 Å². The van der Waals surface area contributed by atoms with Crippen LogP contribution in [0, 0.1) is 0 Å². The van der Waals surface area contributed by atoms with Gasteiger partial charge in [0, 0.05) is 6.54 Å². The Kier molecular flexibility index (Phi) is 7.11. The maximum Gasteiger partial charge on any atom is 0.185 e. The first-order chi connectivity index (χ1) is 17.3. The molecule has 0 aliphatic heterocycles. The van der Waals surface area contributed by atoms with E-state index < -0.39 is 0 Å². The highest BCUT2D eigenvalue weighted by Crippen LogP contribution is 2.22. The van der Waals surface area contributed by atoms with Gasteiger partial charge in [0.25, 0.3) is 0 Å². The fraction of sp³-hybridized carbons (Fsp3) is 0.417. The molecule has 5 aromatic rings. The molecule has 0 saturated heterocycles. The average molecular weight is 475 g/mol. The summed E-state index contributed by atoms with van der Waals surface area (Å²) < 4.78 is 9.01. The molecule has 182 valence electrons. The highest BCUT2D eigenvalue weighted by Gasteiger charge is 2.16. The highest BCUT2D eigenvalue weighted by atomic mass is 16.3. The molecule has 0 aromatic carbocycles. The summed E-state index contributed by atoms with van der Waals surface area (Å²) in [4.78, 5) is 26.8. The summed E-state index contributed by atoms with van der Waals surface area (Å²) in [7, 11) is 0. The zero-order chi connectivity index (χ0) is 23.9. The van der Waals surface area contributed by atoms with Gasteiger partial charge in [-0.05, 0) is 18.6 Å². The summed E-state index contributed by atoms with van der Waals surface area (Å²) in [5.74, 6) is 2.17. The van der Waals surface area contributed by atoms with Crippen LogP contribution in [-0.4, -0.2) is 45.8 Å². The second-order valence-corrected chi connectivity index (χ2v) is 8.45. The number of rotatable bonds is 13. The van der Waals surface area contributed by atoms with E-state index in [1.54, 1.807) is 29.9 Å². The molecule has 5 aromatic heterocycles. The normalized spacial score (nSPS) is 11.5. The van der Waals surface area contributed by atoms with Gasteiger partial charge in [0.1, 0.15) is 31.1 Å². The lowest BCUT2D eigenvalue weighted by atomic mass is 10.1. The number of hydrogen-bond acceptors (Lipinski definition) is 9. The third kappa shape index (κ3) is 5.08. The van der Waals surface area contributed by atoms with Gasteiger partial charge in [-0.2, -0.15) is 0 Å². The monoisotopic (exact) mass is 474 g/mol. The van der Waals surface area contributed by atoms with Crippen molar-refractivity contribution in [3.8, 4) is 0 Å². The molecule has 0 saturated carbocycles. The lowest BCUT2D eigenvalue weighted by Gasteiger charge is -2.08. The molecule has 0 spiro atoms. The van der Waals surface area contributed by atoms with Crippen LogP contribution in [0.4, 0.5) is 11.6 Å². The van der Waals surface area contributed by atoms with Crippen molar-refractivity contribution in [1.29, 1.82) is 0 Å². The molecule has 11 heteroatoms. The number of unbranched alkanes of at least 4 members (excludes halogenated alkanes) is 6. The Hall–Kier alpha value is -4.02. The molecule has 0 radical (unpaired) electrons. The lowest BCUT2D eigenvalue weighted by Crippen LogP contribution is -2.09. The van der Waals surface area contributed by atoms with Gasteiger partial charge in [-0.15, -0.1) is 0 Å². The average Bonchev–Trinajstić information content (AvgIpc) is 3.64. The highest BCUT2D eigenvalue weighted by molar-refractivity contribution is 5.85. The molecule has 0 aliphatic rings. The molecule has 5 rings (SSSR count). The quantitative estimate of drug-likeness (QED) is 0.235. The van der Waals surface area contributed by atoms with Crippen LogP contribution in [0.25, 0.3) is 22.3 Å². The summed E-state index contributed by atoms with van der Waals surface area (Å²) in [6, 6.07) is 3.76. The number of anilines is 2. The van der Waals surface area contributed by atoms with E-state index in [2.05, 4.69) is 47.5 Å². The fourth-order valence-corrected chi connectivity index (χ4v) is 4.09. The zero-order valence-corrected chi connectivity index (χ0v) is 19.9. The smallest absolute Gasteiger partial charge is 0.185 e. The standard InChI is InChI=1S/C24H30N10O/c1-2-3-4-5-6-7-8-11-25-21-19-23(29-14-27-21)33(16-31-19)34-17-32-20-22(28-15-30-24(20)34)26-13-18-10-9-12-35-18/h9-10,12,14-17H,2-8,11,13H2,1H3,(H,25,27,29)(H,26,28,30). The maximum atomic E-state index is 5.39. The molecule has 35 heavy (non-hydrogen) atoms. The number of furan rings is 1. The first-order valence-corrected chi connectivity index (χ1v) is 12.2. The van der Waals surface area contributed by atoms with Crippen LogP contribution >= 0.6 is 0 Å². The summed E-state index contributed by atoms with van der Waals surface area (Å²) in [6.45, 7) is 3.61. The van der Waals surface area contributed by atoms with E-state index in [0.717, 1.165) is 24.5 Å². The molecule has 0 unspecified atom stereocenters. The van der Waals surface area contributed by atoms with Crippen molar-refractivity contribution >= 4 is 34.0 Å². The fourth-order valence-electron chi connectivity index (χ4n) is 4.09. The second-order valence-electron chi connectivity index (χ2n) is 8.45. The van der Waals surface area contributed by atoms with E-state index in [1.165, 1.54) is 44.9 Å². The Bertz CT molecular complexity index is 1360. The van der Waals surface area contributed by atoms with E-state index >= 15 is 0 Å². The molecule has 11 nitrogen and oxygen atoms in total. The van der Waals surface area contributed by atoms with Crippen molar-refractivity contribution in [3.05, 3.63) is 49.5 Å². The van der Waals surface area contributed by atoms with Crippen LogP contribution in [0.15, 0.2) is 48.1 Å². The zero-order valence-electron chi connectivity index (χ0n) is 19.9. The van der Waals surface area contributed by atoms with Crippen molar-refractivity contribution in [2.75, 3.05) is 17.2 Å². The van der Waals surface area contributed by atoms with Crippen molar-refractivity contribution < 1.29 is 4.42 Å². The molecule has 0 fully saturated rings. The van der Waals surface area contributed by atoms with Gasteiger partial charge in [-0.3, -0.25) is 0 Å². The van der Waals surface area contributed by atoms with E-state index in [1.807, 2.05) is 16.8 Å². The number of imidazole rings is 2. The van der Waals surface area contributed by atoms with E-state index in [4.69, 9.17) is 4.42 Å². The van der Waals surface area contributed by atoms with Crippen molar-refractivity contribution in [3.63, 3.8) is 0 Å². The van der Waals surface area contributed by atoms with Crippen molar-refractivity contribution in [2.24, 2.45) is 0 Å². The van der Waals surface area contributed by atoms with Gasteiger partial charge < -0.3 is 15.1 Å². The molecule has 0 amide bonds. The van der Waals surface area contributed by atoms with Crippen LogP contribution < -0.4 is 10.6 Å². The lowest BCUT2D eigenvalue weighted by molar-refractivity contribution is 0.518. The van der Waals surface area contributed by atoms with Gasteiger partial charge in [0.05, 0.1) is 12.8 Å². The van der Waals surface area contributed by atoms with E-state index in [0.29, 0.717) is 34.7 Å². The largest absolute Gasteiger partial charge is 0.467 e. The number of aromatic nitrogens is 8. The minimum Gasteiger partial charge on any atom is -0.467 e. The summed E-state index contributed by atoms with van der Waals surface area (Å²) in [5.41, 5.74) is 2.66. The minimum absolute atomic E-state index is 0.501. The van der Waals surface area contributed by atoms with Gasteiger partial charge in [-0.25, -0.2) is 39.3 Å². The number of nitrogens with zero attached hydrogens (tertiary/aromatic N) is 8. The Labute approximate surface area is 203 Å². The molecule has 0 aliphatic carbocycles. The van der Waals surface area contributed by atoms with Crippen LogP contribution in [0.1, 0.15) is 57.6 Å². The van der Waals surface area contributed by atoms with Crippen LogP contribution in [0.2, 0.25) is 0 Å². The molecule has 0 atom stereocenters. The predicted molar refractivity (Wildman–Crippen MR) is 134 cm³/mol. The predicted octanol–water partition coefficient (Wildman–Crippen LogP) is 4.65. The van der Waals surface area contributed by atoms with Gasteiger partial charge in [0.15, 0.2) is 34.0 Å². The first kappa shape index (κ1) is 22.8. The van der Waals surface area contributed by atoms with Crippen LogP contribution in [0.5, 0.6) is 0 Å². The number of fused-ring (bicyclic) bond motifs is 2. The van der Waals surface area contributed by atoms with Crippen molar-refractivity contribution in [1.82, 2.24) is 39.3 Å². The maximum absolute atomic E-state index is 5.39. The topological polar surface area (TPSA) is 124 Å². The summed E-state index contributed by atoms with van der Waals surface area (Å²) in [5, 5.41) is 6.69. The Morgan fingerprint density at radius 1 is 0.743 bits per heavy atom. The Morgan fingerprint density at radius 3 is 2.00 bits per heavy atom. The molecule has 2 N–H and O–H groups in total. The van der Waals surface area contributed by atoms with E-state index in [-0.39, 0.29) is 0 Å². The minimum atomic E-state index is 0.501. The van der Waals surface area contributed by atoms with Crippen molar-refractivity contribution in [2.45, 2.75) is 58.4 Å². The molecule has 0 bridgehead atoms. The summed E-state index contributed by atoms with van der Waals surface area (Å²) in [6.07, 6.45) is 17.0. The second kappa shape index (κ2) is 10.9. The third-order valence-corrected chi connectivity index (χ3v) is 5.95. The number of hydrogen-bond donors (Lipinski definition) is 2. The molecular formula is C24H30N10O.